The second-order valence-electron chi connectivity index (χ2n) is 11.3. The Bertz CT molecular complexity index is 585. The Morgan fingerprint density at radius 2 is 1.71 bits per heavy atom. The van der Waals surface area contributed by atoms with E-state index in [2.05, 4.69) is 70.3 Å². The second kappa shape index (κ2) is 11.8. The van der Waals surface area contributed by atoms with Crippen molar-refractivity contribution in [3.05, 3.63) is 0 Å². The molecule has 3 atom stereocenters. The highest BCUT2D eigenvalue weighted by Crippen LogP contribution is 2.25. The zero-order valence-electron chi connectivity index (χ0n) is 21.2. The van der Waals surface area contributed by atoms with E-state index in [4.69, 9.17) is 0 Å². The van der Waals surface area contributed by atoms with Gasteiger partial charge in [-0.25, -0.2) is 9.10 Å². The molecule has 0 spiro atoms. The van der Waals surface area contributed by atoms with Crippen molar-refractivity contribution in [2.75, 3.05) is 26.2 Å². The number of carbonyl (C=O) groups is 2. The van der Waals surface area contributed by atoms with Gasteiger partial charge in [-0.3, -0.25) is 4.79 Å². The van der Waals surface area contributed by atoms with Crippen LogP contribution < -0.4 is 16.0 Å². The molecule has 1 aliphatic rings. The molecule has 1 rings (SSSR count). The lowest BCUT2D eigenvalue weighted by Gasteiger charge is -2.37. The largest absolute Gasteiger partial charge is 0.338 e. The molecule has 7 nitrogen and oxygen atoms in total. The normalized spacial score (nSPS) is 19.6. The summed E-state index contributed by atoms with van der Waals surface area (Å²) >= 11 is 4.47. The first-order chi connectivity index (χ1) is 14.1. The van der Waals surface area contributed by atoms with E-state index in [0.717, 1.165) is 32.5 Å². The lowest BCUT2D eigenvalue weighted by Crippen LogP contribution is -2.60. The lowest BCUT2D eigenvalue weighted by atomic mass is 9.85. The van der Waals surface area contributed by atoms with Gasteiger partial charge in [0.1, 0.15) is 6.04 Å². The Morgan fingerprint density at radius 1 is 1.10 bits per heavy atom. The first-order valence-corrected chi connectivity index (χ1v) is 12.1. The molecule has 3 N–H and O–H groups in total. The van der Waals surface area contributed by atoms with Crippen LogP contribution in [-0.2, 0) is 4.79 Å². The molecule has 0 bridgehead atoms. The van der Waals surface area contributed by atoms with Gasteiger partial charge in [-0.1, -0.05) is 54.4 Å². The van der Waals surface area contributed by atoms with Gasteiger partial charge in [-0.15, -0.1) is 0 Å². The van der Waals surface area contributed by atoms with Crippen LogP contribution in [0.25, 0.3) is 0 Å². The standard InChI is InChI=1S/C23H47N5O2S/c1-16(2)28(31)14-12-24-15-18(22(4,5)6)25-21(30)26-19(23(7,8)9)20(29)27-13-10-11-17(27)3/h16-19,24,31H,10-15H2,1-9H3,(H2,25,26,30). The highest BCUT2D eigenvalue weighted by molar-refractivity contribution is 7.77. The maximum atomic E-state index is 13.2. The van der Waals surface area contributed by atoms with E-state index in [9.17, 15) is 9.59 Å². The lowest BCUT2D eigenvalue weighted by molar-refractivity contribution is -0.136. The van der Waals surface area contributed by atoms with Gasteiger partial charge < -0.3 is 20.9 Å². The van der Waals surface area contributed by atoms with Crippen LogP contribution in [0.5, 0.6) is 0 Å². The van der Waals surface area contributed by atoms with Gasteiger partial charge in [0.05, 0.1) is 0 Å². The molecular weight excluding hydrogens is 410 g/mol. The summed E-state index contributed by atoms with van der Waals surface area (Å²) in [5.41, 5.74) is -0.507. The summed E-state index contributed by atoms with van der Waals surface area (Å²) in [6.07, 6.45) is 2.04. The van der Waals surface area contributed by atoms with Gasteiger partial charge in [0.25, 0.3) is 0 Å². The molecule has 1 saturated heterocycles. The van der Waals surface area contributed by atoms with Gasteiger partial charge in [-0.2, -0.15) is 0 Å². The van der Waals surface area contributed by atoms with Gasteiger partial charge in [0, 0.05) is 44.3 Å². The van der Waals surface area contributed by atoms with E-state index < -0.39 is 6.04 Å². The van der Waals surface area contributed by atoms with Crippen LogP contribution in [0.4, 0.5) is 4.79 Å². The Morgan fingerprint density at radius 3 is 2.16 bits per heavy atom. The highest BCUT2D eigenvalue weighted by atomic mass is 32.1. The van der Waals surface area contributed by atoms with E-state index in [0.29, 0.717) is 12.6 Å². The predicted octanol–water partition coefficient (Wildman–Crippen LogP) is 3.27. The van der Waals surface area contributed by atoms with Gasteiger partial charge >= 0.3 is 6.03 Å². The van der Waals surface area contributed by atoms with Crippen molar-refractivity contribution in [3.8, 4) is 0 Å². The molecule has 1 fully saturated rings. The summed E-state index contributed by atoms with van der Waals surface area (Å²) < 4.78 is 1.98. The molecule has 8 heteroatoms. The molecule has 182 valence electrons. The molecule has 3 unspecified atom stereocenters. The number of thiol groups is 1. The Labute approximate surface area is 196 Å². The van der Waals surface area contributed by atoms with Crippen LogP contribution in [0.2, 0.25) is 0 Å². The van der Waals surface area contributed by atoms with Crippen molar-refractivity contribution in [2.45, 2.75) is 99.3 Å². The van der Waals surface area contributed by atoms with Crippen molar-refractivity contribution in [2.24, 2.45) is 10.8 Å². The van der Waals surface area contributed by atoms with Gasteiger partial charge in [-0.05, 0) is 44.4 Å². The molecule has 3 amide bonds. The Balaban J connectivity index is 2.74. The third-order valence-electron chi connectivity index (χ3n) is 6.04. The van der Waals surface area contributed by atoms with Gasteiger partial charge in [0.15, 0.2) is 0 Å². The van der Waals surface area contributed by atoms with Crippen LogP contribution in [0.3, 0.4) is 0 Å². The first kappa shape index (κ1) is 28.0. The monoisotopic (exact) mass is 457 g/mol. The smallest absolute Gasteiger partial charge is 0.315 e. The highest BCUT2D eigenvalue weighted by Gasteiger charge is 2.39. The molecule has 0 saturated carbocycles. The first-order valence-electron chi connectivity index (χ1n) is 11.7. The minimum Gasteiger partial charge on any atom is -0.338 e. The number of urea groups is 1. The molecule has 1 heterocycles. The number of carbonyl (C=O) groups excluding carboxylic acids is 2. The fourth-order valence-electron chi connectivity index (χ4n) is 3.68. The number of hydrogen-bond acceptors (Lipinski definition) is 5. The summed E-state index contributed by atoms with van der Waals surface area (Å²) in [4.78, 5) is 28.1. The summed E-state index contributed by atoms with van der Waals surface area (Å²) in [7, 11) is 0. The van der Waals surface area contributed by atoms with Crippen LogP contribution in [0, 0.1) is 10.8 Å². The Kier molecular flexibility index (Phi) is 10.6. The summed E-state index contributed by atoms with van der Waals surface area (Å²) in [5, 5.41) is 9.53. The van der Waals surface area contributed by atoms with Crippen molar-refractivity contribution in [1.29, 1.82) is 0 Å². The number of hydrogen-bond donors (Lipinski definition) is 4. The van der Waals surface area contributed by atoms with Crippen molar-refractivity contribution in [3.63, 3.8) is 0 Å². The molecule has 1 aliphatic heterocycles. The third kappa shape index (κ3) is 9.18. The van der Waals surface area contributed by atoms with Crippen LogP contribution in [-0.4, -0.2) is 71.5 Å². The van der Waals surface area contributed by atoms with Crippen molar-refractivity contribution >= 4 is 24.8 Å². The minimum absolute atomic E-state index is 0.0145. The van der Waals surface area contributed by atoms with E-state index in [1.54, 1.807) is 0 Å². The second-order valence-corrected chi connectivity index (χ2v) is 11.8. The average molecular weight is 458 g/mol. The molecule has 0 aromatic rings. The quantitative estimate of drug-likeness (QED) is 0.317. The van der Waals surface area contributed by atoms with Crippen molar-refractivity contribution < 1.29 is 9.59 Å². The summed E-state index contributed by atoms with van der Waals surface area (Å²) in [6.45, 7) is 21.6. The van der Waals surface area contributed by atoms with Gasteiger partial charge in [0.2, 0.25) is 5.91 Å². The minimum atomic E-state index is -0.564. The number of nitrogens with one attached hydrogen (secondary N) is 3. The fourth-order valence-corrected chi connectivity index (χ4v) is 3.78. The molecular formula is C23H47N5O2S. The average Bonchev–Trinajstić information content (AvgIpc) is 3.05. The van der Waals surface area contributed by atoms with E-state index in [-0.39, 0.29) is 34.9 Å². The van der Waals surface area contributed by atoms with E-state index in [1.807, 2.05) is 30.0 Å². The zero-order valence-corrected chi connectivity index (χ0v) is 22.1. The Hall–Kier alpha value is -0.990. The molecule has 0 aromatic heterocycles. The number of nitrogens with zero attached hydrogens (tertiary/aromatic N) is 2. The molecule has 0 aromatic carbocycles. The molecule has 0 radical (unpaired) electrons. The molecule has 0 aliphatic carbocycles. The van der Waals surface area contributed by atoms with E-state index >= 15 is 0 Å². The topological polar surface area (TPSA) is 76.7 Å². The predicted molar refractivity (Wildman–Crippen MR) is 132 cm³/mol. The maximum absolute atomic E-state index is 13.2. The fraction of sp³-hybridized carbons (Fsp3) is 0.913. The SMILES string of the molecule is CC(C)N(S)CCNCC(NC(=O)NC(C(=O)N1CCCC1C)C(C)(C)C)C(C)(C)C. The van der Waals surface area contributed by atoms with Crippen LogP contribution in [0.1, 0.15) is 75.2 Å². The maximum Gasteiger partial charge on any atom is 0.315 e. The van der Waals surface area contributed by atoms with E-state index in [1.165, 1.54) is 0 Å². The number of rotatable bonds is 9. The summed E-state index contributed by atoms with van der Waals surface area (Å²) in [5.74, 6) is 0.0145. The summed E-state index contributed by atoms with van der Waals surface area (Å²) in [6, 6.07) is -0.338. The number of likely N-dealkylation sites (tertiary alicyclic amines) is 1. The number of amides is 3. The van der Waals surface area contributed by atoms with Crippen molar-refractivity contribution in [1.82, 2.24) is 25.2 Å². The zero-order chi connectivity index (χ0) is 24.0. The third-order valence-corrected chi connectivity index (χ3v) is 6.70. The van der Waals surface area contributed by atoms with Crippen LogP contribution >= 0.6 is 12.8 Å². The molecule has 31 heavy (non-hydrogen) atoms. The van der Waals surface area contributed by atoms with Crippen LogP contribution in [0.15, 0.2) is 0 Å².